The van der Waals surface area contributed by atoms with Gasteiger partial charge >= 0.3 is 0 Å². The predicted molar refractivity (Wildman–Crippen MR) is 125 cm³/mol. The van der Waals surface area contributed by atoms with Gasteiger partial charge in [-0.25, -0.2) is 9.40 Å². The second-order valence-corrected chi connectivity index (χ2v) is 8.40. The molecular weight excluding hydrogens is 439 g/mol. The number of halogens is 1. The van der Waals surface area contributed by atoms with E-state index in [0.29, 0.717) is 49.8 Å². The van der Waals surface area contributed by atoms with E-state index in [1.54, 1.807) is 44.2 Å². The van der Waals surface area contributed by atoms with E-state index in [0.717, 1.165) is 11.1 Å². The molecule has 0 unspecified atom stereocenters. The lowest BCUT2D eigenvalue weighted by atomic mass is 9.97. The van der Waals surface area contributed by atoms with Gasteiger partial charge in [0.15, 0.2) is 0 Å². The average Bonchev–Trinajstić information content (AvgIpc) is 3.29. The van der Waals surface area contributed by atoms with Gasteiger partial charge in [-0.05, 0) is 29.8 Å². The number of hydrogen-bond acceptors (Lipinski definition) is 6. The molecule has 2 aliphatic heterocycles. The van der Waals surface area contributed by atoms with Crippen LogP contribution < -0.4 is 9.47 Å². The van der Waals surface area contributed by atoms with Gasteiger partial charge < -0.3 is 14.4 Å². The minimum atomic E-state index is -0.369. The summed E-state index contributed by atoms with van der Waals surface area (Å²) in [6.07, 6.45) is 0.470. The Kier molecular flexibility index (Phi) is 7.12. The summed E-state index contributed by atoms with van der Waals surface area (Å²) in [5.74, 6) is 0.836. The van der Waals surface area contributed by atoms with Gasteiger partial charge in [0.25, 0.3) is 5.91 Å². The Morgan fingerprint density at radius 2 is 1.74 bits per heavy atom. The first kappa shape index (κ1) is 23.7. The summed E-state index contributed by atoms with van der Waals surface area (Å²) in [6, 6.07) is 11.3. The fourth-order valence-electron chi connectivity index (χ4n) is 4.38. The zero-order valence-corrected chi connectivity index (χ0v) is 19.7. The minimum Gasteiger partial charge on any atom is -0.497 e. The molecule has 4 rings (SSSR count). The molecule has 0 saturated carbocycles. The highest BCUT2D eigenvalue weighted by atomic mass is 19.1. The molecule has 9 heteroatoms. The molecule has 0 N–H and O–H groups in total. The zero-order chi connectivity index (χ0) is 24.2. The van der Waals surface area contributed by atoms with Crippen LogP contribution in [0.5, 0.6) is 11.5 Å². The van der Waals surface area contributed by atoms with Gasteiger partial charge in [-0.1, -0.05) is 12.1 Å². The first-order valence-electron chi connectivity index (χ1n) is 11.2. The van der Waals surface area contributed by atoms with Crippen molar-refractivity contribution in [1.82, 2.24) is 14.8 Å². The van der Waals surface area contributed by atoms with Gasteiger partial charge in [-0.15, -0.1) is 0 Å². The smallest absolute Gasteiger partial charge is 0.257 e. The number of piperazine rings is 1. The van der Waals surface area contributed by atoms with E-state index < -0.39 is 0 Å². The quantitative estimate of drug-likeness (QED) is 0.652. The molecule has 2 aromatic rings. The third-order valence-electron chi connectivity index (χ3n) is 6.32. The van der Waals surface area contributed by atoms with E-state index in [2.05, 4.69) is 5.10 Å². The van der Waals surface area contributed by atoms with Crippen LogP contribution in [0.1, 0.15) is 30.5 Å². The monoisotopic (exact) mass is 468 g/mol. The number of methoxy groups -OCH3 is 2. The third kappa shape index (κ3) is 5.04. The van der Waals surface area contributed by atoms with Crippen LogP contribution in [-0.4, -0.2) is 79.3 Å². The van der Waals surface area contributed by atoms with Crippen LogP contribution >= 0.6 is 0 Å². The molecule has 1 saturated heterocycles. The van der Waals surface area contributed by atoms with Crippen molar-refractivity contribution in [3.05, 3.63) is 59.4 Å². The van der Waals surface area contributed by atoms with E-state index >= 15 is 0 Å². The Hall–Kier alpha value is -3.46. The number of benzene rings is 2. The predicted octanol–water partition coefficient (Wildman–Crippen LogP) is 2.68. The molecule has 34 heavy (non-hydrogen) atoms. The fourth-order valence-corrected chi connectivity index (χ4v) is 4.38. The first-order valence-corrected chi connectivity index (χ1v) is 11.2. The summed E-state index contributed by atoms with van der Waals surface area (Å²) in [7, 11) is 3.16. The van der Waals surface area contributed by atoms with Crippen LogP contribution in [0.2, 0.25) is 0 Å². The van der Waals surface area contributed by atoms with E-state index in [4.69, 9.17) is 9.47 Å². The number of amides is 2. The largest absolute Gasteiger partial charge is 0.497 e. The highest BCUT2D eigenvalue weighted by Crippen LogP contribution is 2.39. The summed E-state index contributed by atoms with van der Waals surface area (Å²) in [5.41, 5.74) is 2.29. The number of hydrogen-bond donors (Lipinski definition) is 0. The summed E-state index contributed by atoms with van der Waals surface area (Å²) in [4.78, 5) is 28.9. The Bertz CT molecular complexity index is 1080. The van der Waals surface area contributed by atoms with E-state index in [9.17, 15) is 14.0 Å². The topological polar surface area (TPSA) is 74.7 Å². The van der Waals surface area contributed by atoms with Crippen LogP contribution in [0.4, 0.5) is 4.39 Å². The molecule has 1 atom stereocenters. The molecule has 180 valence electrons. The Labute approximate surface area is 198 Å². The van der Waals surface area contributed by atoms with Crippen molar-refractivity contribution in [2.24, 2.45) is 5.10 Å². The number of carbonyl (C=O) groups excluding carboxylic acids is 2. The highest BCUT2D eigenvalue weighted by molar-refractivity contribution is 6.03. The second kappa shape index (κ2) is 10.2. The van der Waals surface area contributed by atoms with E-state index in [1.807, 2.05) is 17.0 Å². The molecule has 0 spiro atoms. The number of hydrazone groups is 1. The number of carbonyl (C=O) groups is 2. The second-order valence-electron chi connectivity index (χ2n) is 8.40. The normalized spacial score (nSPS) is 18.6. The first-order chi connectivity index (χ1) is 16.4. The molecule has 2 heterocycles. The molecular formula is C25H29FN4O4. The van der Waals surface area contributed by atoms with Crippen molar-refractivity contribution >= 4 is 17.5 Å². The maximum absolute atomic E-state index is 13.5. The van der Waals surface area contributed by atoms with Crippen molar-refractivity contribution in [1.29, 1.82) is 0 Å². The zero-order valence-electron chi connectivity index (χ0n) is 19.7. The summed E-state index contributed by atoms with van der Waals surface area (Å²) in [5, 5.41) is 6.19. The van der Waals surface area contributed by atoms with E-state index in [1.165, 1.54) is 17.1 Å². The van der Waals surface area contributed by atoms with Gasteiger partial charge in [0.05, 0.1) is 32.5 Å². The van der Waals surface area contributed by atoms with Crippen molar-refractivity contribution in [2.45, 2.75) is 19.4 Å². The molecule has 0 aromatic heterocycles. The Balaban J connectivity index is 1.59. The van der Waals surface area contributed by atoms with Crippen LogP contribution in [0.25, 0.3) is 0 Å². The molecule has 2 amide bonds. The fraction of sp³-hybridized carbons (Fsp3) is 0.400. The van der Waals surface area contributed by atoms with Crippen LogP contribution in [-0.2, 0) is 9.59 Å². The van der Waals surface area contributed by atoms with Gasteiger partial charge in [-0.3, -0.25) is 14.5 Å². The number of rotatable bonds is 6. The van der Waals surface area contributed by atoms with Crippen molar-refractivity contribution < 1.29 is 23.5 Å². The number of ether oxygens (including phenoxy) is 2. The van der Waals surface area contributed by atoms with Gasteiger partial charge in [0.2, 0.25) is 5.91 Å². The molecule has 0 radical (unpaired) electrons. The van der Waals surface area contributed by atoms with Crippen LogP contribution in [0.15, 0.2) is 47.6 Å². The number of nitrogens with zero attached hydrogens (tertiary/aromatic N) is 4. The van der Waals surface area contributed by atoms with Gasteiger partial charge in [-0.2, -0.15) is 5.10 Å². The summed E-state index contributed by atoms with van der Waals surface area (Å²) < 4.78 is 24.4. The molecule has 0 aliphatic carbocycles. The summed E-state index contributed by atoms with van der Waals surface area (Å²) >= 11 is 0. The molecule has 1 fully saturated rings. The Morgan fingerprint density at radius 3 is 2.35 bits per heavy atom. The lowest BCUT2D eigenvalue weighted by Gasteiger charge is -2.34. The average molecular weight is 469 g/mol. The molecule has 2 aliphatic rings. The maximum Gasteiger partial charge on any atom is 0.257 e. The van der Waals surface area contributed by atoms with Crippen molar-refractivity contribution in [3.8, 4) is 11.5 Å². The molecule has 2 aromatic carbocycles. The lowest BCUT2D eigenvalue weighted by molar-refractivity contribution is -0.135. The Morgan fingerprint density at radius 1 is 1.03 bits per heavy atom. The lowest BCUT2D eigenvalue weighted by Crippen LogP contribution is -2.50. The SMILES string of the molecule is COc1ccc([C@H]2CC(c3ccc(F)cc3)=NN2C(=O)CN2CCN(C(C)=O)CC2)c(OC)c1. The summed E-state index contributed by atoms with van der Waals surface area (Å²) in [6.45, 7) is 4.21. The highest BCUT2D eigenvalue weighted by Gasteiger charge is 2.36. The molecule has 0 bridgehead atoms. The minimum absolute atomic E-state index is 0.0470. The van der Waals surface area contributed by atoms with Crippen molar-refractivity contribution in [2.75, 3.05) is 46.9 Å². The maximum atomic E-state index is 13.5. The van der Waals surface area contributed by atoms with E-state index in [-0.39, 0.29) is 30.2 Å². The van der Waals surface area contributed by atoms with Gasteiger partial charge in [0.1, 0.15) is 17.3 Å². The van der Waals surface area contributed by atoms with Gasteiger partial charge in [0, 0.05) is 51.2 Å². The van der Waals surface area contributed by atoms with Crippen LogP contribution in [0.3, 0.4) is 0 Å². The standard InChI is InChI=1S/C25H29FN4O4/c1-17(31)29-12-10-28(11-13-29)16-25(32)30-23(21-9-8-20(33-2)14-24(21)34-3)15-22(27-30)18-4-6-19(26)7-5-18/h4-9,14,23H,10-13,15-16H2,1-3H3/t23-/m1/s1. The molecule has 8 nitrogen and oxygen atoms in total. The van der Waals surface area contributed by atoms with Crippen molar-refractivity contribution in [3.63, 3.8) is 0 Å². The third-order valence-corrected chi connectivity index (χ3v) is 6.32. The van der Waals surface area contributed by atoms with Crippen LogP contribution in [0, 0.1) is 5.82 Å².